The van der Waals surface area contributed by atoms with Crippen LogP contribution in [0.4, 0.5) is 0 Å². The van der Waals surface area contributed by atoms with Crippen LogP contribution in [0.2, 0.25) is 0 Å². The number of rotatable bonds is 7. The first-order chi connectivity index (χ1) is 8.39. The second-order valence-electron chi connectivity index (χ2n) is 4.65. The number of nitrogens with one attached hydrogen (secondary N) is 1. The van der Waals surface area contributed by atoms with E-state index in [4.69, 9.17) is 9.52 Å². The van der Waals surface area contributed by atoms with Crippen LogP contribution in [0.5, 0.6) is 0 Å². The SMILES string of the molecule is CCC(C)CC(C)NS(=O)(=O)c1ccc(CO)o1. The molecular formula is C12H21NO4S. The molecule has 1 heterocycles. The summed E-state index contributed by atoms with van der Waals surface area (Å²) < 4.78 is 31.5. The summed E-state index contributed by atoms with van der Waals surface area (Å²) >= 11 is 0. The number of hydrogen-bond donors (Lipinski definition) is 2. The van der Waals surface area contributed by atoms with E-state index < -0.39 is 10.0 Å². The molecule has 18 heavy (non-hydrogen) atoms. The molecule has 0 saturated carbocycles. The highest BCUT2D eigenvalue weighted by molar-refractivity contribution is 7.89. The molecule has 6 heteroatoms. The van der Waals surface area contributed by atoms with E-state index >= 15 is 0 Å². The molecule has 0 saturated heterocycles. The third kappa shape index (κ3) is 4.12. The van der Waals surface area contributed by atoms with Gasteiger partial charge in [-0.3, -0.25) is 0 Å². The van der Waals surface area contributed by atoms with E-state index in [-0.39, 0.29) is 23.5 Å². The van der Waals surface area contributed by atoms with Crippen molar-refractivity contribution in [2.45, 2.75) is 51.4 Å². The van der Waals surface area contributed by atoms with E-state index in [2.05, 4.69) is 18.6 Å². The van der Waals surface area contributed by atoms with Crippen LogP contribution in [-0.4, -0.2) is 19.6 Å². The van der Waals surface area contributed by atoms with Gasteiger partial charge in [0, 0.05) is 6.04 Å². The monoisotopic (exact) mass is 275 g/mol. The lowest BCUT2D eigenvalue weighted by atomic mass is 10.0. The maximum absolute atomic E-state index is 12.0. The molecule has 0 aromatic carbocycles. The fourth-order valence-electron chi connectivity index (χ4n) is 1.73. The van der Waals surface area contributed by atoms with E-state index in [0.717, 1.165) is 12.8 Å². The van der Waals surface area contributed by atoms with Crippen molar-refractivity contribution < 1.29 is 17.9 Å². The molecule has 0 spiro atoms. The number of sulfonamides is 1. The molecule has 5 nitrogen and oxygen atoms in total. The molecule has 2 atom stereocenters. The fraction of sp³-hybridized carbons (Fsp3) is 0.667. The highest BCUT2D eigenvalue weighted by Gasteiger charge is 2.21. The zero-order chi connectivity index (χ0) is 13.8. The summed E-state index contributed by atoms with van der Waals surface area (Å²) in [6.45, 7) is 5.69. The Labute approximate surface area is 108 Å². The van der Waals surface area contributed by atoms with Gasteiger partial charge in [-0.1, -0.05) is 20.3 Å². The number of hydrogen-bond acceptors (Lipinski definition) is 4. The molecule has 0 aliphatic carbocycles. The maximum Gasteiger partial charge on any atom is 0.274 e. The minimum Gasteiger partial charge on any atom is -0.446 e. The Morgan fingerprint density at radius 3 is 2.56 bits per heavy atom. The predicted octanol–water partition coefficient (Wildman–Crippen LogP) is 1.87. The van der Waals surface area contributed by atoms with Crippen LogP contribution in [0.1, 0.15) is 39.4 Å². The van der Waals surface area contributed by atoms with Crippen LogP contribution in [0.15, 0.2) is 21.6 Å². The van der Waals surface area contributed by atoms with Gasteiger partial charge in [-0.15, -0.1) is 0 Å². The van der Waals surface area contributed by atoms with Gasteiger partial charge in [0.15, 0.2) is 0 Å². The van der Waals surface area contributed by atoms with Gasteiger partial charge in [0.25, 0.3) is 10.0 Å². The average Bonchev–Trinajstić information content (AvgIpc) is 2.77. The summed E-state index contributed by atoms with van der Waals surface area (Å²) in [6.07, 6.45) is 1.80. The molecule has 0 amide bonds. The lowest BCUT2D eigenvalue weighted by Gasteiger charge is -2.16. The third-order valence-corrected chi connectivity index (χ3v) is 4.33. The van der Waals surface area contributed by atoms with E-state index in [1.807, 2.05) is 6.92 Å². The van der Waals surface area contributed by atoms with Crippen molar-refractivity contribution in [3.8, 4) is 0 Å². The summed E-state index contributed by atoms with van der Waals surface area (Å²) in [5.41, 5.74) is 0. The Balaban J connectivity index is 2.69. The normalized spacial score (nSPS) is 15.6. The molecule has 0 aliphatic heterocycles. The molecule has 1 aromatic rings. The van der Waals surface area contributed by atoms with Gasteiger partial charge >= 0.3 is 0 Å². The number of furan rings is 1. The van der Waals surface area contributed by atoms with E-state index in [9.17, 15) is 8.42 Å². The van der Waals surface area contributed by atoms with E-state index in [0.29, 0.717) is 5.92 Å². The second-order valence-corrected chi connectivity index (χ2v) is 6.30. The first kappa shape index (κ1) is 15.2. The van der Waals surface area contributed by atoms with Gasteiger partial charge in [0.2, 0.25) is 5.09 Å². The van der Waals surface area contributed by atoms with Crippen molar-refractivity contribution in [2.24, 2.45) is 5.92 Å². The smallest absolute Gasteiger partial charge is 0.274 e. The van der Waals surface area contributed by atoms with Crippen molar-refractivity contribution in [2.75, 3.05) is 0 Å². The van der Waals surface area contributed by atoms with Crippen molar-refractivity contribution >= 4 is 10.0 Å². The average molecular weight is 275 g/mol. The van der Waals surface area contributed by atoms with Crippen molar-refractivity contribution in [1.82, 2.24) is 4.72 Å². The van der Waals surface area contributed by atoms with Gasteiger partial charge in [0.05, 0.1) is 0 Å². The van der Waals surface area contributed by atoms with Gasteiger partial charge < -0.3 is 9.52 Å². The minimum atomic E-state index is -3.63. The molecular weight excluding hydrogens is 254 g/mol. The van der Waals surface area contributed by atoms with Gasteiger partial charge in [-0.25, -0.2) is 13.1 Å². The van der Waals surface area contributed by atoms with Crippen LogP contribution >= 0.6 is 0 Å². The van der Waals surface area contributed by atoms with Crippen LogP contribution in [0, 0.1) is 5.92 Å². The highest BCUT2D eigenvalue weighted by atomic mass is 32.2. The maximum atomic E-state index is 12.0. The molecule has 1 aromatic heterocycles. The molecule has 2 N–H and O–H groups in total. The minimum absolute atomic E-state index is 0.146. The standard InChI is InChI=1S/C12H21NO4S/c1-4-9(2)7-10(3)13-18(15,16)12-6-5-11(8-14)17-12/h5-6,9-10,13-14H,4,7-8H2,1-3H3. The third-order valence-electron chi connectivity index (χ3n) is 2.87. The zero-order valence-electron chi connectivity index (χ0n) is 11.0. The summed E-state index contributed by atoms with van der Waals surface area (Å²) in [6, 6.07) is 2.66. The lowest BCUT2D eigenvalue weighted by molar-refractivity contribution is 0.236. The van der Waals surface area contributed by atoms with Crippen LogP contribution < -0.4 is 4.72 Å². The summed E-state index contributed by atoms with van der Waals surface area (Å²) in [7, 11) is -3.63. The largest absolute Gasteiger partial charge is 0.446 e. The summed E-state index contributed by atoms with van der Waals surface area (Å²) in [5.74, 6) is 0.706. The predicted molar refractivity (Wildman–Crippen MR) is 68.5 cm³/mol. The Morgan fingerprint density at radius 1 is 1.39 bits per heavy atom. The molecule has 0 fully saturated rings. The molecule has 0 aliphatic rings. The lowest BCUT2D eigenvalue weighted by Crippen LogP contribution is -2.33. The van der Waals surface area contributed by atoms with Crippen LogP contribution in [0.3, 0.4) is 0 Å². The second kappa shape index (κ2) is 6.36. The highest BCUT2D eigenvalue weighted by Crippen LogP contribution is 2.16. The quantitative estimate of drug-likeness (QED) is 0.796. The van der Waals surface area contributed by atoms with Gasteiger partial charge in [0.1, 0.15) is 12.4 Å². The van der Waals surface area contributed by atoms with Crippen molar-refractivity contribution in [3.63, 3.8) is 0 Å². The first-order valence-electron chi connectivity index (χ1n) is 6.11. The first-order valence-corrected chi connectivity index (χ1v) is 7.59. The van der Waals surface area contributed by atoms with Gasteiger partial charge in [-0.2, -0.15) is 0 Å². The summed E-state index contributed by atoms with van der Waals surface area (Å²) in [5, 5.41) is 8.69. The van der Waals surface area contributed by atoms with E-state index in [1.54, 1.807) is 0 Å². The Bertz CT molecular complexity index is 466. The van der Waals surface area contributed by atoms with Crippen molar-refractivity contribution in [3.05, 3.63) is 17.9 Å². The number of aliphatic hydroxyl groups is 1. The molecule has 104 valence electrons. The zero-order valence-corrected chi connectivity index (χ0v) is 11.8. The molecule has 0 radical (unpaired) electrons. The summed E-state index contributed by atoms with van der Waals surface area (Å²) in [4.78, 5) is 0. The molecule has 0 bridgehead atoms. The Morgan fingerprint density at radius 2 is 2.06 bits per heavy atom. The number of aliphatic hydroxyl groups excluding tert-OH is 1. The topological polar surface area (TPSA) is 79.5 Å². The Hall–Kier alpha value is -0.850. The van der Waals surface area contributed by atoms with Crippen LogP contribution in [0.25, 0.3) is 0 Å². The Kier molecular flexibility index (Phi) is 5.37. The van der Waals surface area contributed by atoms with Gasteiger partial charge in [-0.05, 0) is 31.4 Å². The van der Waals surface area contributed by atoms with E-state index in [1.165, 1.54) is 12.1 Å². The molecule has 1 rings (SSSR count). The van der Waals surface area contributed by atoms with Crippen molar-refractivity contribution in [1.29, 1.82) is 0 Å². The molecule has 2 unspecified atom stereocenters. The fourth-order valence-corrected chi connectivity index (χ4v) is 2.93. The van der Waals surface area contributed by atoms with Crippen LogP contribution in [-0.2, 0) is 16.6 Å².